The summed E-state index contributed by atoms with van der Waals surface area (Å²) in [6, 6.07) is 67.8. The van der Waals surface area contributed by atoms with Crippen LogP contribution >= 0.6 is 0 Å². The number of nitrogens with zero attached hydrogens (tertiary/aromatic N) is 4. The Kier molecular flexibility index (Phi) is 11.3. The number of aromatic nitrogens is 2. The van der Waals surface area contributed by atoms with Gasteiger partial charge in [0, 0.05) is 75.2 Å². The number of hydrogen-bond donors (Lipinski definition) is 0. The third-order valence-corrected chi connectivity index (χ3v) is 16.9. The fraction of sp³-hybridized carbons (Fsp3) is 0.151. The smallest absolute Gasteiger partial charge is 0.0492 e. The van der Waals surface area contributed by atoms with Crippen molar-refractivity contribution >= 4 is 58.4 Å². The van der Waals surface area contributed by atoms with Crippen LogP contribution in [0.2, 0.25) is 0 Å². The lowest BCUT2D eigenvalue weighted by molar-refractivity contribution is 0.660. The van der Waals surface area contributed by atoms with Gasteiger partial charge in [0.15, 0.2) is 0 Å². The fourth-order valence-corrected chi connectivity index (χ4v) is 12.8. The molecule has 0 atom stereocenters. The minimum absolute atomic E-state index is 0.151. The average molecular weight is 995 g/mol. The van der Waals surface area contributed by atoms with Gasteiger partial charge >= 0.3 is 0 Å². The van der Waals surface area contributed by atoms with E-state index in [1.807, 2.05) is 24.8 Å². The largest absolute Gasteiger partial charge is 0.310 e. The van der Waals surface area contributed by atoms with Crippen LogP contribution in [0, 0.1) is 13.8 Å². The second-order valence-corrected chi connectivity index (χ2v) is 23.0. The highest BCUT2D eigenvalue weighted by molar-refractivity contribution is 5.90. The van der Waals surface area contributed by atoms with E-state index in [1.54, 1.807) is 0 Å². The van der Waals surface area contributed by atoms with E-state index in [4.69, 9.17) is 0 Å². The van der Waals surface area contributed by atoms with Crippen LogP contribution in [0.1, 0.15) is 108 Å². The summed E-state index contributed by atoms with van der Waals surface area (Å²) >= 11 is 0. The predicted molar refractivity (Wildman–Crippen MR) is 324 cm³/mol. The number of hydrogen-bond acceptors (Lipinski definition) is 4. The Bertz CT molecular complexity index is 3780. The zero-order chi connectivity index (χ0) is 52.8. The van der Waals surface area contributed by atoms with Crippen LogP contribution in [-0.4, -0.2) is 9.97 Å². The predicted octanol–water partition coefficient (Wildman–Crippen LogP) is 19.3. The quantitative estimate of drug-likeness (QED) is 0.128. The van der Waals surface area contributed by atoms with Crippen molar-refractivity contribution in [3.8, 4) is 33.4 Å². The molecule has 2 aromatic heterocycles. The molecule has 10 aromatic rings. The van der Waals surface area contributed by atoms with Gasteiger partial charge in [-0.15, -0.1) is 0 Å². The molecule has 0 saturated carbocycles. The molecule has 8 aromatic carbocycles. The van der Waals surface area contributed by atoms with Crippen molar-refractivity contribution in [2.75, 3.05) is 9.80 Å². The number of benzene rings is 8. The zero-order valence-corrected chi connectivity index (χ0v) is 45.2. The van der Waals surface area contributed by atoms with Crippen molar-refractivity contribution in [3.63, 3.8) is 0 Å². The minimum atomic E-state index is -0.179. The SMILES string of the molecule is Cc1cccc(N(c2ccncc2)c2ccc3c(c2)C(C)(C)c2cc(/C=C/c4ccc5c(c4)C(C)(C)c4cc(/C=C/c6ccc7c(c6)C(C)(C)c6cc(N(c8ccncc8)c8cccc(C)c8)ccc6-7)ccc4-5)ccc2-3)c1. The van der Waals surface area contributed by atoms with Gasteiger partial charge in [-0.1, -0.05) is 175 Å². The maximum absolute atomic E-state index is 4.32. The summed E-state index contributed by atoms with van der Waals surface area (Å²) < 4.78 is 0. The summed E-state index contributed by atoms with van der Waals surface area (Å²) in [5.41, 5.74) is 29.5. The van der Waals surface area contributed by atoms with E-state index in [1.165, 1.54) is 100 Å². The van der Waals surface area contributed by atoms with Crippen molar-refractivity contribution in [1.82, 2.24) is 9.97 Å². The van der Waals surface area contributed by atoms with Crippen LogP contribution in [0.4, 0.5) is 34.1 Å². The third-order valence-electron chi connectivity index (χ3n) is 16.9. The van der Waals surface area contributed by atoms with Gasteiger partial charge < -0.3 is 9.80 Å². The number of rotatable bonds is 10. The van der Waals surface area contributed by atoms with E-state index in [0.717, 1.165) is 34.1 Å². The molecule has 0 fully saturated rings. The third kappa shape index (κ3) is 8.13. The molecular formula is C73H62N4. The number of fused-ring (bicyclic) bond motifs is 9. The van der Waals surface area contributed by atoms with E-state index in [-0.39, 0.29) is 16.2 Å². The molecule has 374 valence electrons. The van der Waals surface area contributed by atoms with Crippen molar-refractivity contribution in [2.24, 2.45) is 0 Å². The molecule has 77 heavy (non-hydrogen) atoms. The lowest BCUT2D eigenvalue weighted by atomic mass is 9.81. The molecule has 13 rings (SSSR count). The summed E-state index contributed by atoms with van der Waals surface area (Å²) in [4.78, 5) is 13.3. The summed E-state index contributed by atoms with van der Waals surface area (Å²) in [5.74, 6) is 0. The molecule has 0 N–H and O–H groups in total. The molecule has 2 heterocycles. The first-order valence-corrected chi connectivity index (χ1v) is 27.0. The van der Waals surface area contributed by atoms with Gasteiger partial charge in [-0.3, -0.25) is 9.97 Å². The van der Waals surface area contributed by atoms with Crippen LogP contribution in [0.3, 0.4) is 0 Å². The molecular weight excluding hydrogens is 933 g/mol. The molecule has 0 aliphatic heterocycles. The molecule has 0 amide bonds. The van der Waals surface area contributed by atoms with Crippen molar-refractivity contribution in [2.45, 2.75) is 71.6 Å². The molecule has 0 unspecified atom stereocenters. The maximum Gasteiger partial charge on any atom is 0.0492 e. The van der Waals surface area contributed by atoms with Gasteiger partial charge in [0.05, 0.1) is 0 Å². The van der Waals surface area contributed by atoms with Crippen LogP contribution < -0.4 is 9.80 Å². The summed E-state index contributed by atoms with van der Waals surface area (Å²) in [6.07, 6.45) is 16.6. The lowest BCUT2D eigenvalue weighted by Gasteiger charge is -2.28. The van der Waals surface area contributed by atoms with E-state index < -0.39 is 0 Å². The van der Waals surface area contributed by atoms with Crippen molar-refractivity contribution < 1.29 is 0 Å². The Balaban J connectivity index is 0.732. The highest BCUT2D eigenvalue weighted by Crippen LogP contribution is 2.54. The van der Waals surface area contributed by atoms with E-state index >= 15 is 0 Å². The average Bonchev–Trinajstić information content (AvgIpc) is 4.12. The Morgan fingerprint density at radius 3 is 0.857 bits per heavy atom. The topological polar surface area (TPSA) is 32.3 Å². The van der Waals surface area contributed by atoms with E-state index in [0.29, 0.717) is 0 Å². The Hall–Kier alpha value is -8.86. The minimum Gasteiger partial charge on any atom is -0.310 e. The molecule has 0 radical (unpaired) electrons. The first kappa shape index (κ1) is 47.8. The standard InChI is InChI=1S/C73H62N4/c1-47-11-9-13-55(39-47)76(53-31-35-74-36-32-53)57-23-29-63-61-27-21-51(43-67(61)72(5,6)69(63)45-57)17-15-49-19-25-59-60-26-20-50(42-66(60)71(3,4)65(59)41-49)16-18-52-22-28-62-64-30-24-58(46-70(64)73(7,8)68(62)44-52)77(54-33-37-75-38-34-54)56-14-10-12-48(2)40-56/h9-46H,1-8H3/b17-15+,18-16+. The summed E-state index contributed by atoms with van der Waals surface area (Å²) in [5, 5.41) is 0. The first-order valence-electron chi connectivity index (χ1n) is 27.0. The molecule has 0 bridgehead atoms. The summed E-state index contributed by atoms with van der Waals surface area (Å²) in [6.45, 7) is 18.5. The molecule has 3 aliphatic carbocycles. The van der Waals surface area contributed by atoms with Crippen LogP contribution in [0.25, 0.3) is 57.7 Å². The molecule has 0 saturated heterocycles. The Labute approximate surface area is 454 Å². The highest BCUT2D eigenvalue weighted by atomic mass is 15.1. The van der Waals surface area contributed by atoms with E-state index in [2.05, 4.69) is 281 Å². The van der Waals surface area contributed by atoms with Crippen LogP contribution in [0.15, 0.2) is 207 Å². The van der Waals surface area contributed by atoms with Gasteiger partial charge in [-0.05, 0) is 187 Å². The van der Waals surface area contributed by atoms with Crippen LogP contribution in [0.5, 0.6) is 0 Å². The highest BCUT2D eigenvalue weighted by Gasteiger charge is 2.39. The number of pyridine rings is 2. The number of aryl methyl sites for hydroxylation is 2. The second kappa shape index (κ2) is 18.2. The molecule has 4 nitrogen and oxygen atoms in total. The van der Waals surface area contributed by atoms with Gasteiger partial charge in [0.1, 0.15) is 0 Å². The van der Waals surface area contributed by atoms with E-state index in [9.17, 15) is 0 Å². The van der Waals surface area contributed by atoms with Crippen molar-refractivity contribution in [1.29, 1.82) is 0 Å². The Morgan fingerprint density at radius 1 is 0.286 bits per heavy atom. The fourth-order valence-electron chi connectivity index (χ4n) is 12.8. The molecule has 4 heteroatoms. The normalized spacial score (nSPS) is 14.7. The zero-order valence-electron chi connectivity index (χ0n) is 45.2. The van der Waals surface area contributed by atoms with Gasteiger partial charge in [0.2, 0.25) is 0 Å². The molecule has 3 aliphatic rings. The van der Waals surface area contributed by atoms with Gasteiger partial charge in [-0.25, -0.2) is 0 Å². The lowest BCUT2D eigenvalue weighted by Crippen LogP contribution is -2.16. The summed E-state index contributed by atoms with van der Waals surface area (Å²) in [7, 11) is 0. The maximum atomic E-state index is 4.32. The number of anilines is 6. The molecule has 0 spiro atoms. The monoisotopic (exact) mass is 994 g/mol. The van der Waals surface area contributed by atoms with Crippen LogP contribution in [-0.2, 0) is 16.2 Å². The first-order chi connectivity index (χ1) is 37.2. The van der Waals surface area contributed by atoms with Gasteiger partial charge in [0.25, 0.3) is 0 Å². The Morgan fingerprint density at radius 2 is 0.558 bits per heavy atom. The second-order valence-electron chi connectivity index (χ2n) is 23.0. The van der Waals surface area contributed by atoms with Gasteiger partial charge in [-0.2, -0.15) is 0 Å². The van der Waals surface area contributed by atoms with Crippen molar-refractivity contribution in [3.05, 3.63) is 274 Å².